The van der Waals surface area contributed by atoms with Gasteiger partial charge in [0.2, 0.25) is 0 Å². The molecule has 0 unspecified atom stereocenters. The van der Waals surface area contributed by atoms with Crippen molar-refractivity contribution < 1.29 is 19.1 Å². The van der Waals surface area contributed by atoms with Crippen molar-refractivity contribution in [1.29, 1.82) is 0 Å². The highest BCUT2D eigenvalue weighted by atomic mass is 79.9. The van der Waals surface area contributed by atoms with Gasteiger partial charge >= 0.3 is 5.97 Å². The van der Waals surface area contributed by atoms with E-state index >= 15 is 0 Å². The van der Waals surface area contributed by atoms with E-state index in [9.17, 15) is 9.59 Å². The number of hydrogen-bond donors (Lipinski definition) is 0. The monoisotopic (exact) mass is 444 g/mol. The van der Waals surface area contributed by atoms with E-state index in [1.807, 2.05) is 38.1 Å². The molecule has 0 heterocycles. The van der Waals surface area contributed by atoms with Crippen LogP contribution in [0.4, 0.5) is 0 Å². The highest BCUT2D eigenvalue weighted by molar-refractivity contribution is 9.10. The van der Waals surface area contributed by atoms with Gasteiger partial charge in [0.05, 0.1) is 6.61 Å². The Balaban J connectivity index is 2.20. The molecule has 5 heteroatoms. The highest BCUT2D eigenvalue weighted by Gasteiger charge is 2.32. The topological polar surface area (TPSA) is 52.6 Å². The minimum Gasteiger partial charge on any atom is -0.476 e. The Hall–Kier alpha value is -2.40. The van der Waals surface area contributed by atoms with Crippen LogP contribution in [0.25, 0.3) is 6.08 Å². The van der Waals surface area contributed by atoms with Gasteiger partial charge in [-0.05, 0) is 93.8 Å². The summed E-state index contributed by atoms with van der Waals surface area (Å²) < 4.78 is 12.0. The molecule has 0 spiro atoms. The van der Waals surface area contributed by atoms with Crippen molar-refractivity contribution in [1.82, 2.24) is 0 Å². The molecule has 2 aromatic carbocycles. The first kappa shape index (κ1) is 21.9. The molecular formula is C23H25BrO4. The minimum absolute atomic E-state index is 0.0634. The summed E-state index contributed by atoms with van der Waals surface area (Å²) in [6.07, 6.45) is 3.34. The molecule has 0 saturated carbocycles. The summed E-state index contributed by atoms with van der Waals surface area (Å²) in [6.45, 7) is 9.28. The van der Waals surface area contributed by atoms with Crippen molar-refractivity contribution >= 4 is 33.8 Å². The lowest BCUT2D eigenvalue weighted by Gasteiger charge is -2.26. The molecule has 4 nitrogen and oxygen atoms in total. The quantitative estimate of drug-likeness (QED) is 0.313. The average Bonchev–Trinajstić information content (AvgIpc) is 2.63. The largest absolute Gasteiger partial charge is 0.476 e. The fourth-order valence-corrected chi connectivity index (χ4v) is 2.99. The van der Waals surface area contributed by atoms with Gasteiger partial charge in [-0.15, -0.1) is 0 Å². The average molecular weight is 445 g/mol. The molecule has 0 radical (unpaired) electrons. The Morgan fingerprint density at radius 3 is 2.18 bits per heavy atom. The fraction of sp³-hybridized carbons (Fsp3) is 0.304. The number of aryl methyl sites for hydroxylation is 2. The number of allylic oxidation sites excluding steroid dienone is 1. The Labute approximate surface area is 174 Å². The molecule has 0 atom stereocenters. The first-order valence-corrected chi connectivity index (χ1v) is 9.89. The van der Waals surface area contributed by atoms with E-state index in [4.69, 9.17) is 9.47 Å². The molecule has 28 heavy (non-hydrogen) atoms. The smallest absolute Gasteiger partial charge is 0.349 e. The molecule has 0 aliphatic heterocycles. The predicted octanol–water partition coefficient (Wildman–Crippen LogP) is 5.68. The standard InChI is InChI=1S/C23H25BrO4/c1-6-27-22(26)23(4,5)28-21-15(2)13-17(14-16(21)3)7-12-20(25)18-8-10-19(24)11-9-18/h7-14H,6H2,1-5H3. The summed E-state index contributed by atoms with van der Waals surface area (Å²) in [4.78, 5) is 24.4. The van der Waals surface area contributed by atoms with Crippen molar-refractivity contribution in [3.05, 3.63) is 69.2 Å². The van der Waals surface area contributed by atoms with Crippen LogP contribution in [0.15, 0.2) is 46.9 Å². The Morgan fingerprint density at radius 1 is 1.07 bits per heavy atom. The molecule has 0 aliphatic rings. The predicted molar refractivity (Wildman–Crippen MR) is 115 cm³/mol. The van der Waals surface area contributed by atoms with E-state index in [1.54, 1.807) is 45.1 Å². The van der Waals surface area contributed by atoms with E-state index in [0.29, 0.717) is 17.9 Å². The van der Waals surface area contributed by atoms with E-state index in [1.165, 1.54) is 0 Å². The van der Waals surface area contributed by atoms with Crippen molar-refractivity contribution in [3.63, 3.8) is 0 Å². The van der Waals surface area contributed by atoms with Crippen molar-refractivity contribution in [3.8, 4) is 5.75 Å². The molecule has 0 N–H and O–H groups in total. The number of rotatable bonds is 7. The van der Waals surface area contributed by atoms with E-state index in [0.717, 1.165) is 21.2 Å². The maximum absolute atomic E-state index is 12.3. The van der Waals surface area contributed by atoms with Crippen molar-refractivity contribution in [2.75, 3.05) is 6.61 Å². The molecular weight excluding hydrogens is 420 g/mol. The number of esters is 1. The van der Waals surface area contributed by atoms with Crippen LogP contribution in [0.3, 0.4) is 0 Å². The van der Waals surface area contributed by atoms with Crippen LogP contribution >= 0.6 is 15.9 Å². The van der Waals surface area contributed by atoms with E-state index in [2.05, 4.69) is 15.9 Å². The normalized spacial score (nSPS) is 11.5. The molecule has 148 valence electrons. The van der Waals surface area contributed by atoms with Crippen molar-refractivity contribution in [2.24, 2.45) is 0 Å². The number of ketones is 1. The fourth-order valence-electron chi connectivity index (χ4n) is 2.72. The van der Waals surface area contributed by atoms with Crippen LogP contribution in [-0.2, 0) is 9.53 Å². The molecule has 2 aromatic rings. The highest BCUT2D eigenvalue weighted by Crippen LogP contribution is 2.29. The van der Waals surface area contributed by atoms with Crippen LogP contribution < -0.4 is 4.74 Å². The summed E-state index contributed by atoms with van der Waals surface area (Å²) >= 11 is 3.36. The second-order valence-corrected chi connectivity index (χ2v) is 7.94. The third-order valence-corrected chi connectivity index (χ3v) is 4.69. The van der Waals surface area contributed by atoms with Gasteiger partial charge < -0.3 is 9.47 Å². The molecule has 2 rings (SSSR count). The number of benzene rings is 2. The summed E-state index contributed by atoms with van der Waals surface area (Å²) in [6, 6.07) is 11.1. The zero-order valence-electron chi connectivity index (χ0n) is 16.8. The molecule has 0 bridgehead atoms. The SMILES string of the molecule is CCOC(=O)C(C)(C)Oc1c(C)cc(C=CC(=O)c2ccc(Br)cc2)cc1C. The summed E-state index contributed by atoms with van der Waals surface area (Å²) in [5.74, 6) is 0.180. The van der Waals surface area contributed by atoms with Crippen LogP contribution in [0.1, 0.15) is 47.8 Å². The summed E-state index contributed by atoms with van der Waals surface area (Å²) in [7, 11) is 0. The van der Waals surface area contributed by atoms with Gasteiger partial charge in [0, 0.05) is 10.0 Å². The Bertz CT molecular complexity index is 872. The van der Waals surface area contributed by atoms with Gasteiger partial charge in [-0.1, -0.05) is 22.0 Å². The molecule has 0 amide bonds. The summed E-state index contributed by atoms with van der Waals surface area (Å²) in [5.41, 5.74) is 2.20. The zero-order valence-corrected chi connectivity index (χ0v) is 18.4. The van der Waals surface area contributed by atoms with Crippen LogP contribution in [0.2, 0.25) is 0 Å². The van der Waals surface area contributed by atoms with Gasteiger partial charge in [0.1, 0.15) is 5.75 Å². The van der Waals surface area contributed by atoms with Crippen LogP contribution in [0.5, 0.6) is 5.75 Å². The third kappa shape index (κ3) is 5.55. The zero-order chi connectivity index (χ0) is 20.9. The maximum atomic E-state index is 12.3. The number of hydrogen-bond acceptors (Lipinski definition) is 4. The minimum atomic E-state index is -1.08. The molecule has 0 saturated heterocycles. The van der Waals surface area contributed by atoms with Crippen molar-refractivity contribution in [2.45, 2.75) is 40.2 Å². The molecule has 0 fully saturated rings. The summed E-state index contributed by atoms with van der Waals surface area (Å²) in [5, 5.41) is 0. The van der Waals surface area contributed by atoms with E-state index < -0.39 is 11.6 Å². The molecule has 0 aliphatic carbocycles. The van der Waals surface area contributed by atoms with Crippen LogP contribution in [-0.4, -0.2) is 24.0 Å². The molecule has 0 aromatic heterocycles. The lowest BCUT2D eigenvalue weighted by atomic mass is 10.0. The lowest BCUT2D eigenvalue weighted by molar-refractivity contribution is -0.158. The van der Waals surface area contributed by atoms with Crippen LogP contribution in [0, 0.1) is 13.8 Å². The number of ether oxygens (including phenoxy) is 2. The van der Waals surface area contributed by atoms with Gasteiger partial charge in [0.15, 0.2) is 11.4 Å². The van der Waals surface area contributed by atoms with Gasteiger partial charge in [0.25, 0.3) is 0 Å². The van der Waals surface area contributed by atoms with Gasteiger partial charge in [-0.25, -0.2) is 4.79 Å². The second kappa shape index (κ2) is 9.20. The van der Waals surface area contributed by atoms with Gasteiger partial charge in [-0.3, -0.25) is 4.79 Å². The Kier molecular flexibility index (Phi) is 7.19. The van der Waals surface area contributed by atoms with Gasteiger partial charge in [-0.2, -0.15) is 0 Å². The number of carbonyl (C=O) groups is 2. The Morgan fingerprint density at radius 2 is 1.64 bits per heavy atom. The second-order valence-electron chi connectivity index (χ2n) is 7.02. The first-order valence-electron chi connectivity index (χ1n) is 9.09. The third-order valence-electron chi connectivity index (χ3n) is 4.16. The maximum Gasteiger partial charge on any atom is 0.349 e. The van der Waals surface area contributed by atoms with E-state index in [-0.39, 0.29) is 5.78 Å². The number of halogens is 1. The number of carbonyl (C=O) groups excluding carboxylic acids is 2. The first-order chi connectivity index (χ1) is 13.1. The lowest BCUT2D eigenvalue weighted by Crippen LogP contribution is -2.40.